The molecule has 0 radical (unpaired) electrons. The molecule has 152 valence electrons. The van der Waals surface area contributed by atoms with Gasteiger partial charge in [-0.2, -0.15) is 0 Å². The normalized spacial score (nSPS) is 13.6. The summed E-state index contributed by atoms with van der Waals surface area (Å²) in [7, 11) is 1.24. The molecule has 0 saturated heterocycles. The highest BCUT2D eigenvalue weighted by Crippen LogP contribution is 2.26. The first kappa shape index (κ1) is 20.5. The molecule has 0 atom stereocenters. The predicted octanol–water partition coefficient (Wildman–Crippen LogP) is 1.38. The van der Waals surface area contributed by atoms with Gasteiger partial charge in [0.1, 0.15) is 5.70 Å². The predicted molar refractivity (Wildman–Crippen MR) is 108 cm³/mol. The minimum Gasteiger partial charge on any atom is -0.466 e. The molecule has 1 aromatic heterocycles. The van der Waals surface area contributed by atoms with Crippen LogP contribution in [0.15, 0.2) is 41.0 Å². The van der Waals surface area contributed by atoms with Crippen molar-refractivity contribution in [2.24, 2.45) is 0 Å². The molecule has 2 heterocycles. The molecular weight excluding hydrogens is 396 g/mol. The van der Waals surface area contributed by atoms with Crippen LogP contribution in [-0.2, 0) is 14.3 Å². The molecule has 0 spiro atoms. The average molecular weight is 416 g/mol. The molecule has 2 aromatic rings. The molecule has 1 aromatic carbocycles. The van der Waals surface area contributed by atoms with Crippen LogP contribution in [0.2, 0.25) is 0 Å². The Kier molecular flexibility index (Phi) is 6.25. The van der Waals surface area contributed by atoms with E-state index in [1.807, 2.05) is 0 Å². The Labute approximate surface area is 171 Å². The van der Waals surface area contributed by atoms with Gasteiger partial charge in [-0.1, -0.05) is 6.07 Å². The lowest BCUT2D eigenvalue weighted by atomic mass is 10.1. The number of esters is 1. The number of nitrogens with one attached hydrogen (secondary N) is 2. The van der Waals surface area contributed by atoms with E-state index >= 15 is 0 Å². The quantitative estimate of drug-likeness (QED) is 0.583. The first-order valence-electron chi connectivity index (χ1n) is 8.75. The van der Waals surface area contributed by atoms with E-state index in [1.165, 1.54) is 23.3 Å². The van der Waals surface area contributed by atoms with Gasteiger partial charge in [-0.3, -0.25) is 14.9 Å². The molecule has 0 unspecified atom stereocenters. The lowest BCUT2D eigenvalue weighted by Gasteiger charge is -2.16. The highest BCUT2D eigenvalue weighted by molar-refractivity contribution is 7.13. The molecule has 29 heavy (non-hydrogen) atoms. The van der Waals surface area contributed by atoms with E-state index in [0.717, 1.165) is 0 Å². The molecule has 0 fully saturated rings. The largest absolute Gasteiger partial charge is 0.466 e. The zero-order valence-electron chi connectivity index (χ0n) is 15.9. The SMILES string of the molecule is COC(=O)C1=C(Nc2cccc(C(=O)Nc3nccs3)c2C)C(=O)N(CCO)C1. The Bertz CT molecular complexity index is 971. The highest BCUT2D eigenvalue weighted by atomic mass is 32.1. The molecule has 0 aliphatic carbocycles. The number of anilines is 2. The van der Waals surface area contributed by atoms with E-state index in [-0.39, 0.29) is 36.9 Å². The smallest absolute Gasteiger partial charge is 0.337 e. The Morgan fingerprint density at radius 1 is 1.38 bits per heavy atom. The van der Waals surface area contributed by atoms with Gasteiger partial charge in [0.25, 0.3) is 11.8 Å². The summed E-state index contributed by atoms with van der Waals surface area (Å²) in [4.78, 5) is 42.8. The van der Waals surface area contributed by atoms with Gasteiger partial charge in [-0.25, -0.2) is 9.78 Å². The second-order valence-electron chi connectivity index (χ2n) is 6.19. The van der Waals surface area contributed by atoms with Crippen molar-refractivity contribution in [2.45, 2.75) is 6.92 Å². The van der Waals surface area contributed by atoms with E-state index in [1.54, 1.807) is 36.7 Å². The second kappa shape index (κ2) is 8.84. The molecule has 2 amide bonds. The Morgan fingerprint density at radius 2 is 2.17 bits per heavy atom. The van der Waals surface area contributed by atoms with Crippen LogP contribution in [0.4, 0.5) is 10.8 Å². The van der Waals surface area contributed by atoms with Crippen LogP contribution >= 0.6 is 11.3 Å². The maximum absolute atomic E-state index is 12.7. The van der Waals surface area contributed by atoms with Crippen molar-refractivity contribution < 1.29 is 24.2 Å². The van der Waals surface area contributed by atoms with Gasteiger partial charge in [-0.15, -0.1) is 11.3 Å². The molecule has 0 saturated carbocycles. The fourth-order valence-corrected chi connectivity index (χ4v) is 3.47. The Hall–Kier alpha value is -3.24. The van der Waals surface area contributed by atoms with E-state index in [0.29, 0.717) is 21.9 Å². The third-order valence-electron chi connectivity index (χ3n) is 4.44. The average Bonchev–Trinajstić information content (AvgIpc) is 3.32. The molecule has 1 aliphatic rings. The first-order chi connectivity index (χ1) is 14.0. The number of β-amino-alcohol motifs (C(OH)–C–C–N with tert-alkyl or cyclic N) is 1. The van der Waals surface area contributed by atoms with Crippen molar-refractivity contribution in [3.8, 4) is 0 Å². The summed E-state index contributed by atoms with van der Waals surface area (Å²) < 4.78 is 4.78. The third-order valence-corrected chi connectivity index (χ3v) is 5.13. The van der Waals surface area contributed by atoms with Crippen LogP contribution < -0.4 is 10.6 Å². The van der Waals surface area contributed by atoms with E-state index in [9.17, 15) is 14.4 Å². The standard InChI is InChI=1S/C19H20N4O5S/c1-11-12(16(25)22-19-20-6-9-29-19)4-3-5-14(11)21-15-13(18(27)28-2)10-23(7-8-24)17(15)26/h3-6,9,21,24H,7-8,10H2,1-2H3,(H,20,22,25). The van der Waals surface area contributed by atoms with Crippen molar-refractivity contribution in [3.63, 3.8) is 0 Å². The number of thiazole rings is 1. The lowest BCUT2D eigenvalue weighted by molar-refractivity contribution is -0.136. The van der Waals surface area contributed by atoms with Crippen LogP contribution in [0.3, 0.4) is 0 Å². The Morgan fingerprint density at radius 3 is 2.83 bits per heavy atom. The zero-order chi connectivity index (χ0) is 21.0. The lowest BCUT2D eigenvalue weighted by Crippen LogP contribution is -2.31. The number of hydrogen-bond acceptors (Lipinski definition) is 8. The topological polar surface area (TPSA) is 121 Å². The molecule has 10 heteroatoms. The van der Waals surface area contributed by atoms with Crippen LogP contribution in [0.5, 0.6) is 0 Å². The minimum absolute atomic E-state index is 0.0394. The van der Waals surface area contributed by atoms with E-state index < -0.39 is 11.9 Å². The molecule has 1 aliphatic heterocycles. The van der Waals surface area contributed by atoms with Crippen LogP contribution in [0.25, 0.3) is 0 Å². The number of hydrogen-bond donors (Lipinski definition) is 3. The van der Waals surface area contributed by atoms with Crippen molar-refractivity contribution >= 4 is 39.9 Å². The van der Waals surface area contributed by atoms with Crippen LogP contribution in [0.1, 0.15) is 15.9 Å². The van der Waals surface area contributed by atoms with Crippen molar-refractivity contribution in [2.75, 3.05) is 37.4 Å². The minimum atomic E-state index is -0.628. The molecular formula is C19H20N4O5S. The van der Waals surface area contributed by atoms with E-state index in [2.05, 4.69) is 15.6 Å². The van der Waals surface area contributed by atoms with Crippen molar-refractivity contribution in [3.05, 3.63) is 52.2 Å². The van der Waals surface area contributed by atoms with Gasteiger partial charge in [0.15, 0.2) is 5.13 Å². The van der Waals surface area contributed by atoms with E-state index in [4.69, 9.17) is 9.84 Å². The van der Waals surface area contributed by atoms with Crippen molar-refractivity contribution in [1.29, 1.82) is 0 Å². The summed E-state index contributed by atoms with van der Waals surface area (Å²) in [6.07, 6.45) is 1.59. The summed E-state index contributed by atoms with van der Waals surface area (Å²) in [6.45, 7) is 1.65. The number of carbonyl (C=O) groups excluding carboxylic acids is 3. The fourth-order valence-electron chi connectivity index (χ4n) is 2.95. The number of ether oxygens (including phenoxy) is 1. The summed E-state index contributed by atoms with van der Waals surface area (Å²) in [5.41, 5.74) is 1.76. The van der Waals surface area contributed by atoms with Crippen molar-refractivity contribution in [1.82, 2.24) is 9.88 Å². The number of methoxy groups -OCH3 is 1. The summed E-state index contributed by atoms with van der Waals surface area (Å²) >= 11 is 1.31. The summed E-state index contributed by atoms with van der Waals surface area (Å²) in [5, 5.41) is 17.1. The van der Waals surface area contributed by atoms with Crippen LogP contribution in [0, 0.1) is 6.92 Å². The zero-order valence-corrected chi connectivity index (χ0v) is 16.7. The third kappa shape index (κ3) is 4.28. The first-order valence-corrected chi connectivity index (χ1v) is 9.63. The van der Waals surface area contributed by atoms with Gasteiger partial charge in [0.2, 0.25) is 0 Å². The number of rotatable bonds is 7. The molecule has 0 bridgehead atoms. The molecule has 9 nitrogen and oxygen atoms in total. The number of aliphatic hydroxyl groups excluding tert-OH is 1. The summed E-state index contributed by atoms with van der Waals surface area (Å²) in [5.74, 6) is -1.38. The molecule has 3 rings (SSSR count). The maximum Gasteiger partial charge on any atom is 0.337 e. The van der Waals surface area contributed by atoms with Gasteiger partial charge in [0, 0.05) is 29.4 Å². The number of aromatic nitrogens is 1. The maximum atomic E-state index is 12.7. The fraction of sp³-hybridized carbons (Fsp3) is 0.263. The Balaban J connectivity index is 1.89. The van der Waals surface area contributed by atoms with Crippen LogP contribution in [-0.4, -0.2) is 59.6 Å². The number of carbonyl (C=O) groups is 3. The van der Waals surface area contributed by atoms with Gasteiger partial charge in [-0.05, 0) is 24.6 Å². The monoisotopic (exact) mass is 416 g/mol. The highest BCUT2D eigenvalue weighted by Gasteiger charge is 2.34. The summed E-state index contributed by atoms with van der Waals surface area (Å²) in [6, 6.07) is 5.04. The number of benzene rings is 1. The number of aliphatic hydroxyl groups is 1. The van der Waals surface area contributed by atoms with Gasteiger partial charge in [0.05, 0.1) is 25.8 Å². The second-order valence-corrected chi connectivity index (χ2v) is 7.08. The van der Waals surface area contributed by atoms with Gasteiger partial charge >= 0.3 is 5.97 Å². The molecule has 3 N–H and O–H groups in total. The number of amides is 2. The van der Waals surface area contributed by atoms with Gasteiger partial charge < -0.3 is 20.1 Å². The number of nitrogens with zero attached hydrogens (tertiary/aromatic N) is 2.